The number of hydrogen-bond acceptors (Lipinski definition) is 8. The maximum atomic E-state index is 13.7. The van der Waals surface area contributed by atoms with Gasteiger partial charge in [-0.1, -0.05) is 107 Å². The molecule has 54 heavy (non-hydrogen) atoms. The van der Waals surface area contributed by atoms with Crippen molar-refractivity contribution in [3.05, 3.63) is 152 Å². The highest BCUT2D eigenvalue weighted by Gasteiger charge is 2.42. The van der Waals surface area contributed by atoms with Crippen LogP contribution in [0.3, 0.4) is 0 Å². The summed E-state index contributed by atoms with van der Waals surface area (Å²) < 4.78 is 0. The standard InChI is InChI=1S/C40H30Cl2N6O4S2/c41-27-15-11-25(12-16-27)21-33-37(51)47(29-7-3-1-4-8-29)39(53-33)31(23-43)35(49)45-19-20-46-36(50)32(24-44)40-48(30-9-5-2-6-10-30)38(52)34(54-40)22-26-13-17-28(42)18-14-26/h1-18,33-34H,19-22H2,(H,45,49)(H,46,50). The Hall–Kier alpha value is -5.50. The summed E-state index contributed by atoms with van der Waals surface area (Å²) in [6.07, 6.45) is 0.702. The lowest BCUT2D eigenvalue weighted by atomic mass is 10.1. The van der Waals surface area contributed by atoms with Gasteiger partial charge in [0.05, 0.1) is 10.5 Å². The summed E-state index contributed by atoms with van der Waals surface area (Å²) in [5.41, 5.74) is 2.25. The summed E-state index contributed by atoms with van der Waals surface area (Å²) in [7, 11) is 0. The number of carbonyl (C=O) groups is 4. The zero-order valence-electron chi connectivity index (χ0n) is 28.4. The number of rotatable bonds is 11. The normalized spacial score (nSPS) is 18.5. The molecule has 2 aliphatic rings. The zero-order valence-corrected chi connectivity index (χ0v) is 31.5. The summed E-state index contributed by atoms with van der Waals surface area (Å²) in [4.78, 5) is 57.1. The van der Waals surface area contributed by atoms with Gasteiger partial charge >= 0.3 is 0 Å². The first-order valence-corrected chi connectivity index (χ1v) is 19.2. The number of para-hydroxylation sites is 2. The van der Waals surface area contributed by atoms with Crippen LogP contribution in [0.5, 0.6) is 0 Å². The number of halogens is 2. The van der Waals surface area contributed by atoms with Gasteiger partial charge in [0.15, 0.2) is 0 Å². The number of nitrogens with zero attached hydrogens (tertiary/aromatic N) is 4. The maximum absolute atomic E-state index is 13.7. The molecular formula is C40H30Cl2N6O4S2. The molecule has 0 bridgehead atoms. The SMILES string of the molecule is N#CC(C(=O)NCCNC(=O)C(C#N)=C1SC(Cc2ccc(Cl)cc2)C(=O)N1c1ccccc1)=C1SC(Cc2ccc(Cl)cc2)C(=O)N1c1ccccc1. The van der Waals surface area contributed by atoms with Gasteiger partial charge in [-0.15, -0.1) is 0 Å². The second-order valence-corrected chi connectivity index (χ2v) is 15.2. The van der Waals surface area contributed by atoms with Crippen LogP contribution < -0.4 is 20.4 Å². The summed E-state index contributed by atoms with van der Waals surface area (Å²) in [6, 6.07) is 35.7. The highest BCUT2D eigenvalue weighted by molar-refractivity contribution is 8.05. The minimum Gasteiger partial charge on any atom is -0.350 e. The molecule has 2 unspecified atom stereocenters. The van der Waals surface area contributed by atoms with E-state index in [4.69, 9.17) is 23.2 Å². The van der Waals surface area contributed by atoms with E-state index in [0.29, 0.717) is 34.3 Å². The van der Waals surface area contributed by atoms with Crippen LogP contribution in [-0.4, -0.2) is 47.2 Å². The molecule has 2 N–H and O–H groups in total. The van der Waals surface area contributed by atoms with E-state index in [0.717, 1.165) is 34.7 Å². The Labute approximate surface area is 330 Å². The predicted molar refractivity (Wildman–Crippen MR) is 212 cm³/mol. The summed E-state index contributed by atoms with van der Waals surface area (Å²) in [6.45, 7) is -0.189. The Bertz CT molecular complexity index is 2060. The van der Waals surface area contributed by atoms with Gasteiger partial charge in [0.1, 0.15) is 33.3 Å². The van der Waals surface area contributed by atoms with E-state index in [1.807, 2.05) is 36.4 Å². The molecule has 0 spiro atoms. The lowest BCUT2D eigenvalue weighted by Crippen LogP contribution is -2.37. The summed E-state index contributed by atoms with van der Waals surface area (Å²) in [5.74, 6) is -2.01. The predicted octanol–water partition coefficient (Wildman–Crippen LogP) is 6.78. The lowest BCUT2D eigenvalue weighted by molar-refractivity contribution is -0.119. The molecule has 10 nitrogen and oxygen atoms in total. The van der Waals surface area contributed by atoms with Gasteiger partial charge < -0.3 is 10.6 Å². The molecule has 4 aromatic rings. The number of nitriles is 2. The third-order valence-corrected chi connectivity index (χ3v) is 11.4. The molecule has 0 saturated carbocycles. The zero-order chi connectivity index (χ0) is 38.2. The van der Waals surface area contributed by atoms with E-state index in [9.17, 15) is 29.7 Å². The van der Waals surface area contributed by atoms with Crippen molar-refractivity contribution in [3.63, 3.8) is 0 Å². The van der Waals surface area contributed by atoms with Crippen LogP contribution in [-0.2, 0) is 32.0 Å². The fourth-order valence-electron chi connectivity index (χ4n) is 5.80. The van der Waals surface area contributed by atoms with Crippen LogP contribution in [0.4, 0.5) is 11.4 Å². The first-order valence-electron chi connectivity index (χ1n) is 16.6. The minimum atomic E-state index is -0.730. The Kier molecular flexibility index (Phi) is 12.4. The number of thioether (sulfide) groups is 2. The molecule has 0 radical (unpaired) electrons. The third-order valence-electron chi connectivity index (χ3n) is 8.40. The fraction of sp³-hybridized carbons (Fsp3) is 0.150. The number of amides is 4. The second-order valence-electron chi connectivity index (χ2n) is 12.0. The van der Waals surface area contributed by atoms with Crippen molar-refractivity contribution >= 4 is 81.7 Å². The average Bonchev–Trinajstić information content (AvgIpc) is 3.67. The Morgan fingerprint density at radius 3 is 1.28 bits per heavy atom. The van der Waals surface area contributed by atoms with Gasteiger partial charge in [0.25, 0.3) is 11.8 Å². The molecule has 14 heteroatoms. The molecule has 0 aromatic heterocycles. The molecule has 270 valence electrons. The van der Waals surface area contributed by atoms with Gasteiger partial charge in [-0.3, -0.25) is 29.0 Å². The molecule has 4 amide bonds. The minimum absolute atomic E-state index is 0.0944. The van der Waals surface area contributed by atoms with E-state index < -0.39 is 22.3 Å². The summed E-state index contributed by atoms with van der Waals surface area (Å²) >= 11 is 14.4. The Morgan fingerprint density at radius 1 is 0.593 bits per heavy atom. The van der Waals surface area contributed by atoms with Gasteiger partial charge in [-0.25, -0.2) is 0 Å². The Morgan fingerprint density at radius 2 is 0.944 bits per heavy atom. The van der Waals surface area contributed by atoms with E-state index in [1.54, 1.807) is 84.9 Å². The summed E-state index contributed by atoms with van der Waals surface area (Å²) in [5, 5.41) is 26.0. The van der Waals surface area contributed by atoms with Gasteiger partial charge in [-0.2, -0.15) is 10.5 Å². The highest BCUT2D eigenvalue weighted by atomic mass is 35.5. The first-order chi connectivity index (χ1) is 26.2. The van der Waals surface area contributed by atoms with Crippen molar-refractivity contribution in [1.29, 1.82) is 10.5 Å². The van der Waals surface area contributed by atoms with Gasteiger partial charge in [-0.05, 0) is 72.5 Å². The van der Waals surface area contributed by atoms with Crippen molar-refractivity contribution in [2.45, 2.75) is 23.3 Å². The third kappa shape index (κ3) is 8.65. The number of anilines is 2. The van der Waals surface area contributed by atoms with Crippen LogP contribution in [0.15, 0.2) is 130 Å². The van der Waals surface area contributed by atoms with Crippen molar-refractivity contribution in [2.24, 2.45) is 0 Å². The molecule has 2 fully saturated rings. The van der Waals surface area contributed by atoms with E-state index in [-0.39, 0.29) is 46.1 Å². The first kappa shape index (κ1) is 38.2. The quantitative estimate of drug-likeness (QED) is 0.0961. The largest absolute Gasteiger partial charge is 0.350 e. The highest BCUT2D eigenvalue weighted by Crippen LogP contribution is 2.43. The molecule has 6 rings (SSSR count). The van der Waals surface area contributed by atoms with E-state index >= 15 is 0 Å². The number of nitrogens with one attached hydrogen (secondary N) is 2. The van der Waals surface area contributed by atoms with Crippen molar-refractivity contribution < 1.29 is 19.2 Å². The molecule has 2 saturated heterocycles. The number of carbonyl (C=O) groups excluding carboxylic acids is 4. The van der Waals surface area contributed by atoms with Crippen LogP contribution in [0.2, 0.25) is 10.0 Å². The van der Waals surface area contributed by atoms with E-state index in [1.165, 1.54) is 9.80 Å². The van der Waals surface area contributed by atoms with E-state index in [2.05, 4.69) is 10.6 Å². The van der Waals surface area contributed by atoms with Crippen LogP contribution >= 0.6 is 46.7 Å². The maximum Gasteiger partial charge on any atom is 0.264 e. The number of hydrogen-bond donors (Lipinski definition) is 2. The van der Waals surface area contributed by atoms with Crippen LogP contribution in [0.25, 0.3) is 0 Å². The van der Waals surface area contributed by atoms with Crippen LogP contribution in [0.1, 0.15) is 11.1 Å². The van der Waals surface area contributed by atoms with Gasteiger partial charge in [0, 0.05) is 34.5 Å². The molecule has 4 aromatic carbocycles. The molecule has 2 aliphatic heterocycles. The lowest BCUT2D eigenvalue weighted by Gasteiger charge is -2.19. The fourth-order valence-corrected chi connectivity index (χ4v) is 8.66. The van der Waals surface area contributed by atoms with Crippen molar-refractivity contribution in [1.82, 2.24) is 10.6 Å². The smallest absolute Gasteiger partial charge is 0.264 e. The van der Waals surface area contributed by atoms with Crippen molar-refractivity contribution in [2.75, 3.05) is 22.9 Å². The molecular weight excluding hydrogens is 764 g/mol. The molecule has 2 heterocycles. The average molecular weight is 794 g/mol. The molecule has 0 aliphatic carbocycles. The van der Waals surface area contributed by atoms with Crippen molar-refractivity contribution in [3.8, 4) is 12.1 Å². The second kappa shape index (κ2) is 17.5. The topological polar surface area (TPSA) is 146 Å². The van der Waals surface area contributed by atoms with Gasteiger partial charge in [0.2, 0.25) is 11.8 Å². The number of benzene rings is 4. The van der Waals surface area contributed by atoms with Crippen LogP contribution in [0, 0.1) is 22.7 Å². The molecule has 2 atom stereocenters. The monoisotopic (exact) mass is 792 g/mol. The Balaban J connectivity index is 1.16.